The number of carbonyl (C=O) groups excluding carboxylic acids is 1. The second-order valence-corrected chi connectivity index (χ2v) is 10.9. The minimum absolute atomic E-state index is 0.0910. The largest absolute Gasteiger partial charge is 0.502 e. The molecule has 0 unspecified atom stereocenters. The molecule has 8 nitrogen and oxygen atoms in total. The maximum Gasteiger partial charge on any atom is 0.273 e. The summed E-state index contributed by atoms with van der Waals surface area (Å²) in [7, 11) is 4.79. The number of phenolic OH excluding ortho intramolecular Hbond substituents is 1. The van der Waals surface area contributed by atoms with Gasteiger partial charge in [0.1, 0.15) is 18.1 Å². The van der Waals surface area contributed by atoms with Gasteiger partial charge in [-0.05, 0) is 66.4 Å². The molecule has 5 aromatic rings. The minimum atomic E-state index is -0.481. The summed E-state index contributed by atoms with van der Waals surface area (Å²) in [6.07, 6.45) is 0.680. The van der Waals surface area contributed by atoms with Gasteiger partial charge in [-0.1, -0.05) is 60.2 Å². The smallest absolute Gasteiger partial charge is 0.273 e. The van der Waals surface area contributed by atoms with E-state index in [1.807, 2.05) is 47.4 Å². The van der Waals surface area contributed by atoms with Crippen molar-refractivity contribution in [3.63, 3.8) is 0 Å². The van der Waals surface area contributed by atoms with Gasteiger partial charge in [0.25, 0.3) is 5.91 Å². The van der Waals surface area contributed by atoms with Crippen LogP contribution in [0.4, 0.5) is 0 Å². The Morgan fingerprint density at radius 3 is 2.16 bits per heavy atom. The normalized spacial score (nSPS) is 14.0. The molecule has 1 N–H and O–H groups in total. The lowest BCUT2D eigenvalue weighted by Gasteiger charge is -2.27. The van der Waals surface area contributed by atoms with E-state index >= 15 is 0 Å². The summed E-state index contributed by atoms with van der Waals surface area (Å²) in [6.45, 7) is 3.02. The molecule has 0 saturated carbocycles. The highest BCUT2D eigenvalue weighted by molar-refractivity contribution is 6.00. The Labute approximate surface area is 257 Å². The Balaban J connectivity index is 1.38. The number of hydrogen-bond donors (Lipinski definition) is 1. The van der Waals surface area contributed by atoms with Crippen LogP contribution in [0, 0.1) is 6.92 Å². The third-order valence-electron chi connectivity index (χ3n) is 8.09. The number of carbonyl (C=O) groups is 1. The molecule has 1 aliphatic rings. The van der Waals surface area contributed by atoms with Gasteiger partial charge in [-0.15, -0.1) is 0 Å². The fourth-order valence-corrected chi connectivity index (χ4v) is 5.78. The van der Waals surface area contributed by atoms with Crippen LogP contribution < -0.4 is 14.2 Å². The Morgan fingerprint density at radius 2 is 1.52 bits per heavy atom. The van der Waals surface area contributed by atoms with Gasteiger partial charge in [-0.2, -0.15) is 5.10 Å². The number of fused-ring (bicyclic) bond motifs is 1. The first-order valence-electron chi connectivity index (χ1n) is 14.5. The summed E-state index contributed by atoms with van der Waals surface area (Å²) in [6, 6.07) is 29.2. The van der Waals surface area contributed by atoms with Gasteiger partial charge in [0.15, 0.2) is 11.5 Å². The van der Waals surface area contributed by atoms with Crippen molar-refractivity contribution < 1.29 is 24.1 Å². The lowest BCUT2D eigenvalue weighted by atomic mass is 9.95. The second kappa shape index (κ2) is 12.2. The summed E-state index contributed by atoms with van der Waals surface area (Å²) >= 11 is 0. The summed E-state index contributed by atoms with van der Waals surface area (Å²) in [4.78, 5) is 15.9. The van der Waals surface area contributed by atoms with Crippen LogP contribution in [0.1, 0.15) is 44.3 Å². The van der Waals surface area contributed by atoms with Crippen LogP contribution in [0.2, 0.25) is 0 Å². The van der Waals surface area contributed by atoms with E-state index in [0.29, 0.717) is 31.0 Å². The molecule has 1 aromatic heterocycles. The van der Waals surface area contributed by atoms with E-state index in [1.54, 1.807) is 23.9 Å². The molecule has 0 bridgehead atoms. The number of hydrogen-bond acceptors (Lipinski definition) is 6. The van der Waals surface area contributed by atoms with Gasteiger partial charge in [-0.25, -0.2) is 0 Å². The molecular formula is C36H35N3O5. The summed E-state index contributed by atoms with van der Waals surface area (Å²) in [5, 5.41) is 15.5. The van der Waals surface area contributed by atoms with E-state index in [4.69, 9.17) is 19.3 Å². The third kappa shape index (κ3) is 5.46. The molecule has 4 aromatic carbocycles. The lowest BCUT2D eigenvalue weighted by molar-refractivity contribution is 0.0741. The number of nitrogens with zero attached hydrogens (tertiary/aromatic N) is 3. The van der Waals surface area contributed by atoms with Gasteiger partial charge in [0.05, 0.1) is 26.0 Å². The number of amides is 1. The van der Waals surface area contributed by atoms with Gasteiger partial charge in [-0.3, -0.25) is 9.48 Å². The third-order valence-corrected chi connectivity index (χ3v) is 8.09. The van der Waals surface area contributed by atoms with Crippen molar-refractivity contribution in [2.24, 2.45) is 7.05 Å². The van der Waals surface area contributed by atoms with Crippen LogP contribution in [0.25, 0.3) is 11.3 Å². The molecule has 1 atom stereocenters. The molecule has 0 saturated heterocycles. The quantitative estimate of drug-likeness (QED) is 0.201. The van der Waals surface area contributed by atoms with Crippen LogP contribution >= 0.6 is 0 Å². The standard InChI is InChI=1S/C36H35N3O5/c1-23-10-12-25(13-11-23)22-44-28-16-14-26(15-17-28)32-31-33(27-20-29(42-3)35(40)30(21-27)43-4)39(36(41)34(31)38(2)37-32)19-18-24-8-6-5-7-9-24/h5-17,20-21,33,40H,18-19,22H2,1-4H3/t33-/m1/s1. The molecule has 0 radical (unpaired) electrons. The van der Waals surface area contributed by atoms with E-state index in [9.17, 15) is 9.90 Å². The van der Waals surface area contributed by atoms with Gasteiger partial charge in [0.2, 0.25) is 5.75 Å². The molecule has 224 valence electrons. The highest BCUT2D eigenvalue weighted by Gasteiger charge is 2.43. The van der Waals surface area contributed by atoms with Crippen molar-refractivity contribution in [2.75, 3.05) is 20.8 Å². The predicted octanol–water partition coefficient (Wildman–Crippen LogP) is 6.49. The molecule has 0 fully saturated rings. The Kier molecular flexibility index (Phi) is 7.98. The number of phenols is 1. The SMILES string of the molecule is COc1cc([C@@H]2c3c(-c4ccc(OCc5ccc(C)cc5)cc4)nn(C)c3C(=O)N2CCc2ccccc2)cc(OC)c1O. The second-order valence-electron chi connectivity index (χ2n) is 10.9. The maximum atomic E-state index is 14.1. The molecule has 6 rings (SSSR count). The van der Waals surface area contributed by atoms with E-state index < -0.39 is 6.04 Å². The van der Waals surface area contributed by atoms with Crippen LogP contribution in [0.3, 0.4) is 0 Å². The molecule has 1 aliphatic heterocycles. The average molecular weight is 590 g/mol. The summed E-state index contributed by atoms with van der Waals surface area (Å²) < 4.78 is 18.7. The molecule has 2 heterocycles. The minimum Gasteiger partial charge on any atom is -0.502 e. The zero-order chi connectivity index (χ0) is 30.8. The van der Waals surface area contributed by atoms with E-state index in [2.05, 4.69) is 43.3 Å². The predicted molar refractivity (Wildman–Crippen MR) is 168 cm³/mol. The Morgan fingerprint density at radius 1 is 0.864 bits per heavy atom. The first-order valence-corrected chi connectivity index (χ1v) is 14.5. The van der Waals surface area contributed by atoms with Crippen molar-refractivity contribution >= 4 is 5.91 Å². The summed E-state index contributed by atoms with van der Waals surface area (Å²) in [5.74, 6) is 1.08. The fraction of sp³-hybridized carbons (Fsp3) is 0.222. The number of aryl methyl sites for hydroxylation is 2. The van der Waals surface area contributed by atoms with Crippen LogP contribution in [0.5, 0.6) is 23.0 Å². The van der Waals surface area contributed by atoms with Crippen molar-refractivity contribution in [3.8, 4) is 34.3 Å². The van der Waals surface area contributed by atoms with Gasteiger partial charge < -0.3 is 24.2 Å². The molecule has 0 spiro atoms. The lowest BCUT2D eigenvalue weighted by Crippen LogP contribution is -2.32. The Bertz CT molecular complexity index is 1750. The molecular weight excluding hydrogens is 554 g/mol. The first-order chi connectivity index (χ1) is 21.4. The zero-order valence-corrected chi connectivity index (χ0v) is 25.3. The van der Waals surface area contributed by atoms with Crippen LogP contribution in [-0.4, -0.2) is 46.5 Å². The van der Waals surface area contributed by atoms with Gasteiger partial charge >= 0.3 is 0 Å². The van der Waals surface area contributed by atoms with Crippen molar-refractivity contribution in [1.29, 1.82) is 0 Å². The number of methoxy groups -OCH3 is 2. The summed E-state index contributed by atoms with van der Waals surface area (Å²) in [5.41, 5.74) is 7.10. The number of benzene rings is 4. The number of ether oxygens (including phenoxy) is 3. The van der Waals surface area contributed by atoms with Crippen LogP contribution in [0.15, 0.2) is 91.0 Å². The first kappa shape index (κ1) is 28.9. The monoisotopic (exact) mass is 589 g/mol. The highest BCUT2D eigenvalue weighted by atomic mass is 16.5. The van der Waals surface area contributed by atoms with E-state index in [1.165, 1.54) is 19.8 Å². The maximum absolute atomic E-state index is 14.1. The van der Waals surface area contributed by atoms with Gasteiger partial charge in [0, 0.05) is 24.7 Å². The molecule has 44 heavy (non-hydrogen) atoms. The van der Waals surface area contributed by atoms with E-state index in [0.717, 1.165) is 33.6 Å². The van der Waals surface area contributed by atoms with Crippen molar-refractivity contribution in [3.05, 3.63) is 125 Å². The Hall–Kier alpha value is -5.24. The molecule has 8 heteroatoms. The number of rotatable bonds is 10. The number of aromatic hydroxyl groups is 1. The average Bonchev–Trinajstić information content (AvgIpc) is 3.54. The molecule has 1 amide bonds. The van der Waals surface area contributed by atoms with Crippen molar-refractivity contribution in [2.45, 2.75) is 26.0 Å². The van der Waals surface area contributed by atoms with Crippen LogP contribution in [-0.2, 0) is 20.1 Å². The highest BCUT2D eigenvalue weighted by Crippen LogP contribution is 2.47. The number of aromatic nitrogens is 2. The molecule has 0 aliphatic carbocycles. The van der Waals surface area contributed by atoms with Crippen molar-refractivity contribution in [1.82, 2.24) is 14.7 Å². The fourth-order valence-electron chi connectivity index (χ4n) is 5.78. The topological polar surface area (TPSA) is 86.1 Å². The van der Waals surface area contributed by atoms with E-state index in [-0.39, 0.29) is 23.2 Å². The zero-order valence-electron chi connectivity index (χ0n) is 25.3.